The molecule has 1 aromatic rings. The minimum absolute atomic E-state index is 0.100. The first-order chi connectivity index (χ1) is 13.9. The van der Waals surface area contributed by atoms with Crippen LogP contribution in [0.15, 0.2) is 27.7 Å². The Kier molecular flexibility index (Phi) is 8.84. The zero-order chi connectivity index (χ0) is 21.4. The van der Waals surface area contributed by atoms with E-state index in [4.69, 9.17) is 14.2 Å². The molecule has 0 aromatic heterocycles. The topological polar surface area (TPSA) is 91.4 Å². The van der Waals surface area contributed by atoms with Crippen LogP contribution in [0.25, 0.3) is 0 Å². The summed E-state index contributed by atoms with van der Waals surface area (Å²) in [5.74, 6) is 0.0691. The van der Waals surface area contributed by atoms with Gasteiger partial charge in [-0.3, -0.25) is 4.79 Å². The van der Waals surface area contributed by atoms with Crippen molar-refractivity contribution in [2.24, 2.45) is 0 Å². The number of methoxy groups -OCH3 is 2. The van der Waals surface area contributed by atoms with E-state index in [0.29, 0.717) is 46.1 Å². The van der Waals surface area contributed by atoms with E-state index in [1.165, 1.54) is 37.0 Å². The summed E-state index contributed by atoms with van der Waals surface area (Å²) in [4.78, 5) is 37.2. The van der Waals surface area contributed by atoms with Gasteiger partial charge >= 0.3 is 11.9 Å². The van der Waals surface area contributed by atoms with Crippen LogP contribution in [-0.2, 0) is 19.1 Å². The Balaban J connectivity index is 1.93. The molecule has 0 radical (unpaired) electrons. The van der Waals surface area contributed by atoms with Crippen molar-refractivity contribution in [2.75, 3.05) is 39.7 Å². The Morgan fingerprint density at radius 2 is 2.07 bits per heavy atom. The monoisotopic (exact) mass is 487 g/mol. The molecule has 0 atom stereocenters. The van der Waals surface area contributed by atoms with Crippen LogP contribution in [0.3, 0.4) is 0 Å². The van der Waals surface area contributed by atoms with E-state index >= 15 is 0 Å². The fraction of sp³-hybridized carbons (Fsp3) is 0.421. The van der Waals surface area contributed by atoms with Gasteiger partial charge in [-0.15, -0.1) is 0 Å². The van der Waals surface area contributed by atoms with Crippen molar-refractivity contribution in [3.8, 4) is 11.5 Å². The van der Waals surface area contributed by atoms with E-state index in [9.17, 15) is 14.4 Å². The molecule has 158 valence electrons. The molecule has 1 amide bonds. The molecule has 1 aliphatic heterocycles. The maximum absolute atomic E-state index is 12.3. The standard InChI is InChI=1S/C19H22BrNO7S/c1-4-27-18-13(20)8-12(9-14(18)25-2)19(24)28-7-5-6-21-15(22)11-29-16(21)10-17(23)26-3/h8-10H,4-7,11H2,1-3H3/b16-10-. The molecule has 2 rings (SSSR count). The van der Waals surface area contributed by atoms with E-state index in [0.717, 1.165) is 0 Å². The quantitative estimate of drug-likeness (QED) is 0.298. The van der Waals surface area contributed by atoms with Crippen LogP contribution in [0.2, 0.25) is 0 Å². The van der Waals surface area contributed by atoms with Crippen LogP contribution in [0.1, 0.15) is 23.7 Å². The number of halogens is 1. The van der Waals surface area contributed by atoms with E-state index < -0.39 is 11.9 Å². The third-order valence-corrected chi connectivity index (χ3v) is 5.48. The summed E-state index contributed by atoms with van der Waals surface area (Å²) in [6.45, 7) is 2.76. The number of nitrogens with zero attached hydrogens (tertiary/aromatic N) is 1. The first-order valence-electron chi connectivity index (χ1n) is 8.81. The number of hydrogen-bond donors (Lipinski definition) is 0. The first-order valence-corrected chi connectivity index (χ1v) is 10.6. The van der Waals surface area contributed by atoms with Gasteiger partial charge in [0.15, 0.2) is 11.5 Å². The van der Waals surface area contributed by atoms with E-state index in [2.05, 4.69) is 20.7 Å². The first kappa shape index (κ1) is 23.1. The van der Waals surface area contributed by atoms with Crippen LogP contribution in [0.4, 0.5) is 0 Å². The molecule has 1 saturated heterocycles. The third-order valence-electron chi connectivity index (χ3n) is 3.87. The number of esters is 2. The van der Waals surface area contributed by atoms with E-state index in [1.807, 2.05) is 6.92 Å². The number of thioether (sulfide) groups is 1. The second-order valence-electron chi connectivity index (χ2n) is 5.75. The lowest BCUT2D eigenvalue weighted by Gasteiger charge is -2.17. The highest BCUT2D eigenvalue weighted by atomic mass is 79.9. The van der Waals surface area contributed by atoms with Gasteiger partial charge in [0.05, 0.1) is 54.3 Å². The lowest BCUT2D eigenvalue weighted by atomic mass is 10.2. The highest BCUT2D eigenvalue weighted by Gasteiger charge is 2.27. The predicted octanol–water partition coefficient (Wildman–Crippen LogP) is 2.99. The molecule has 29 heavy (non-hydrogen) atoms. The molecule has 0 unspecified atom stereocenters. The average molecular weight is 488 g/mol. The largest absolute Gasteiger partial charge is 0.493 e. The lowest BCUT2D eigenvalue weighted by molar-refractivity contribution is -0.134. The molecular formula is C19H22BrNO7S. The van der Waals surface area contributed by atoms with Crippen molar-refractivity contribution in [2.45, 2.75) is 13.3 Å². The summed E-state index contributed by atoms with van der Waals surface area (Å²) in [7, 11) is 2.77. The Morgan fingerprint density at radius 3 is 2.72 bits per heavy atom. The van der Waals surface area contributed by atoms with Crippen LogP contribution in [0, 0.1) is 0 Å². The Morgan fingerprint density at radius 1 is 1.31 bits per heavy atom. The molecule has 0 bridgehead atoms. The normalized spacial score (nSPS) is 14.8. The van der Waals surface area contributed by atoms with Gasteiger partial charge in [0, 0.05) is 6.54 Å². The summed E-state index contributed by atoms with van der Waals surface area (Å²) < 4.78 is 21.3. The smallest absolute Gasteiger partial charge is 0.338 e. The van der Waals surface area contributed by atoms with Crippen LogP contribution in [0.5, 0.6) is 11.5 Å². The van der Waals surface area contributed by atoms with Crippen LogP contribution >= 0.6 is 27.7 Å². The second kappa shape index (κ2) is 11.1. The second-order valence-corrected chi connectivity index (χ2v) is 7.60. The van der Waals surface area contributed by atoms with Gasteiger partial charge in [-0.05, 0) is 41.4 Å². The van der Waals surface area contributed by atoms with Gasteiger partial charge in [0.1, 0.15) is 0 Å². The van der Waals surface area contributed by atoms with Crippen molar-refractivity contribution in [3.05, 3.63) is 33.3 Å². The molecule has 0 N–H and O–H groups in total. The number of rotatable bonds is 9. The number of benzene rings is 1. The molecule has 1 aromatic carbocycles. The highest BCUT2D eigenvalue weighted by molar-refractivity contribution is 9.10. The summed E-state index contributed by atoms with van der Waals surface area (Å²) in [6, 6.07) is 3.16. The summed E-state index contributed by atoms with van der Waals surface area (Å²) in [5.41, 5.74) is 0.316. The van der Waals surface area contributed by atoms with Gasteiger partial charge in [0.2, 0.25) is 5.91 Å². The molecule has 0 saturated carbocycles. The van der Waals surface area contributed by atoms with Crippen molar-refractivity contribution in [1.29, 1.82) is 0 Å². The molecule has 0 aliphatic carbocycles. The van der Waals surface area contributed by atoms with Crippen molar-refractivity contribution in [1.82, 2.24) is 4.90 Å². The van der Waals surface area contributed by atoms with Crippen molar-refractivity contribution >= 4 is 45.5 Å². The Labute approximate surface area is 181 Å². The summed E-state index contributed by atoms with van der Waals surface area (Å²) in [5, 5.41) is 0.536. The van der Waals surface area contributed by atoms with Crippen molar-refractivity contribution < 1.29 is 33.3 Å². The zero-order valence-corrected chi connectivity index (χ0v) is 18.8. The molecule has 1 aliphatic rings. The third kappa shape index (κ3) is 6.14. The molecule has 10 heteroatoms. The fourth-order valence-corrected chi connectivity index (χ4v) is 4.03. The molecule has 1 fully saturated rings. The van der Waals surface area contributed by atoms with Gasteiger partial charge < -0.3 is 23.8 Å². The van der Waals surface area contributed by atoms with Crippen LogP contribution in [-0.4, -0.2) is 62.5 Å². The number of ether oxygens (including phenoxy) is 4. The summed E-state index contributed by atoms with van der Waals surface area (Å²) in [6.07, 6.45) is 1.71. The molecular weight excluding hydrogens is 466 g/mol. The summed E-state index contributed by atoms with van der Waals surface area (Å²) >= 11 is 4.64. The predicted molar refractivity (Wildman–Crippen MR) is 111 cm³/mol. The van der Waals surface area contributed by atoms with Gasteiger partial charge in [-0.1, -0.05) is 11.8 Å². The maximum Gasteiger partial charge on any atom is 0.338 e. The maximum atomic E-state index is 12.3. The molecule has 8 nitrogen and oxygen atoms in total. The van der Waals surface area contributed by atoms with Crippen molar-refractivity contribution in [3.63, 3.8) is 0 Å². The number of carbonyl (C=O) groups is 3. The molecule has 0 spiro atoms. The highest BCUT2D eigenvalue weighted by Crippen LogP contribution is 2.37. The number of amides is 1. The Bertz CT molecular complexity index is 812. The molecule has 1 heterocycles. The SMILES string of the molecule is CCOc1c(Br)cc(C(=O)OCCCN2C(=O)CS/C2=C\C(=O)OC)cc1OC. The van der Waals surface area contributed by atoms with E-state index in [-0.39, 0.29) is 18.3 Å². The van der Waals surface area contributed by atoms with Crippen LogP contribution < -0.4 is 9.47 Å². The fourth-order valence-electron chi connectivity index (χ4n) is 2.52. The minimum atomic E-state index is -0.520. The lowest BCUT2D eigenvalue weighted by Crippen LogP contribution is -2.27. The number of carbonyl (C=O) groups excluding carboxylic acids is 3. The van der Waals surface area contributed by atoms with Gasteiger partial charge in [-0.2, -0.15) is 0 Å². The number of hydrogen-bond acceptors (Lipinski definition) is 8. The Hall–Kier alpha value is -2.20. The average Bonchev–Trinajstić information content (AvgIpc) is 3.05. The van der Waals surface area contributed by atoms with Gasteiger partial charge in [0.25, 0.3) is 0 Å². The van der Waals surface area contributed by atoms with Gasteiger partial charge in [-0.25, -0.2) is 9.59 Å². The minimum Gasteiger partial charge on any atom is -0.493 e. The van der Waals surface area contributed by atoms with E-state index in [1.54, 1.807) is 12.1 Å². The zero-order valence-electron chi connectivity index (χ0n) is 16.4.